The van der Waals surface area contributed by atoms with Crippen LogP contribution in [0.3, 0.4) is 0 Å². The molecule has 0 bridgehead atoms. The number of rotatable bonds is 7. The van der Waals surface area contributed by atoms with E-state index >= 15 is 0 Å². The van der Waals surface area contributed by atoms with Gasteiger partial charge in [-0.3, -0.25) is 4.79 Å². The van der Waals surface area contributed by atoms with E-state index in [1.165, 1.54) is 26.2 Å². The van der Waals surface area contributed by atoms with E-state index in [9.17, 15) is 18.5 Å². The first-order chi connectivity index (χ1) is 11.4. The molecule has 2 N–H and O–H groups in total. The maximum absolute atomic E-state index is 12.2. The van der Waals surface area contributed by atoms with Gasteiger partial charge in [-0.1, -0.05) is 19.9 Å². The van der Waals surface area contributed by atoms with Gasteiger partial charge in [0.25, 0.3) is 0 Å². The number of nitrogens with zero attached hydrogens (tertiary/aromatic N) is 2. The highest BCUT2D eigenvalue weighted by Crippen LogP contribution is 2.22. The fraction of sp³-hybridized carbons (Fsp3) is 0.529. The Labute approximate surface area is 150 Å². The van der Waals surface area contributed by atoms with Crippen LogP contribution >= 0.6 is 0 Å². The van der Waals surface area contributed by atoms with Crippen molar-refractivity contribution in [1.82, 2.24) is 9.62 Å². The van der Waals surface area contributed by atoms with E-state index in [-0.39, 0.29) is 23.3 Å². The Morgan fingerprint density at radius 3 is 2.44 bits per heavy atom. The lowest BCUT2D eigenvalue weighted by molar-refractivity contribution is -0.121. The average Bonchev–Trinajstić information content (AvgIpc) is 2.53. The first-order valence-corrected chi connectivity index (χ1v) is 9.37. The fourth-order valence-corrected chi connectivity index (χ4v) is 2.90. The van der Waals surface area contributed by atoms with E-state index in [1.807, 2.05) is 20.8 Å². The molecule has 138 valence electrons. The Kier molecular flexibility index (Phi) is 6.57. The highest BCUT2D eigenvalue weighted by Gasteiger charge is 2.29. The molecule has 1 atom stereocenters. The Hall–Kier alpha value is -2.11. The zero-order chi connectivity index (χ0) is 19.4. The second-order valence-corrected chi connectivity index (χ2v) is 8.79. The van der Waals surface area contributed by atoms with Crippen LogP contribution in [0.5, 0.6) is 0 Å². The lowest BCUT2D eigenvalue weighted by atomic mass is 9.90. The molecule has 8 heteroatoms. The van der Waals surface area contributed by atoms with Crippen LogP contribution in [0.15, 0.2) is 23.1 Å². The van der Waals surface area contributed by atoms with Gasteiger partial charge in [-0.05, 0) is 37.5 Å². The van der Waals surface area contributed by atoms with Crippen LogP contribution in [0.4, 0.5) is 5.69 Å². The Morgan fingerprint density at radius 2 is 1.96 bits per heavy atom. The normalized spacial score (nSPS) is 14.0. The van der Waals surface area contributed by atoms with Gasteiger partial charge >= 0.3 is 0 Å². The average molecular weight is 366 g/mol. The Morgan fingerprint density at radius 1 is 1.36 bits per heavy atom. The minimum absolute atomic E-state index is 0.0447. The summed E-state index contributed by atoms with van der Waals surface area (Å²) < 4.78 is 25.6. The van der Waals surface area contributed by atoms with Gasteiger partial charge in [0.15, 0.2) is 0 Å². The lowest BCUT2D eigenvalue weighted by Gasteiger charge is -2.27. The highest BCUT2D eigenvalue weighted by molar-refractivity contribution is 7.89. The molecule has 0 fully saturated rings. The molecule has 0 saturated heterocycles. The van der Waals surface area contributed by atoms with Crippen molar-refractivity contribution in [2.45, 2.75) is 38.1 Å². The number of nitriles is 1. The maximum Gasteiger partial charge on any atom is 0.242 e. The van der Waals surface area contributed by atoms with Crippen molar-refractivity contribution in [3.05, 3.63) is 23.8 Å². The summed E-state index contributed by atoms with van der Waals surface area (Å²) in [6.07, 6.45) is 0. The van der Waals surface area contributed by atoms with Gasteiger partial charge in [0.2, 0.25) is 15.9 Å². The SMILES string of the molecule is Cc1ccc(S(=O)(=O)N(C)C)cc1NCC(=O)NC(C)(C#N)C(C)C. The second kappa shape index (κ2) is 7.85. The molecular formula is C17H26N4O3S. The molecule has 1 amide bonds. The number of carbonyl (C=O) groups excluding carboxylic acids is 1. The summed E-state index contributed by atoms with van der Waals surface area (Å²) in [4.78, 5) is 12.3. The standard InChI is InChI=1S/C17H26N4O3S/c1-12(2)17(4,11-18)20-16(22)10-19-15-9-14(8-7-13(15)3)25(23,24)21(5)6/h7-9,12,19H,10H2,1-6H3,(H,20,22). The van der Waals surface area contributed by atoms with E-state index in [4.69, 9.17) is 0 Å². The molecule has 1 aromatic rings. The molecule has 1 aromatic carbocycles. The van der Waals surface area contributed by atoms with E-state index in [0.29, 0.717) is 5.69 Å². The third kappa shape index (κ3) is 4.94. The lowest BCUT2D eigenvalue weighted by Crippen LogP contribution is -2.50. The number of sulfonamides is 1. The fourth-order valence-electron chi connectivity index (χ4n) is 1.97. The van der Waals surface area contributed by atoms with E-state index < -0.39 is 15.6 Å². The monoisotopic (exact) mass is 366 g/mol. The molecule has 0 aromatic heterocycles. The quantitative estimate of drug-likeness (QED) is 0.765. The summed E-state index contributed by atoms with van der Waals surface area (Å²) >= 11 is 0. The summed E-state index contributed by atoms with van der Waals surface area (Å²) in [5, 5.41) is 14.9. The van der Waals surface area contributed by atoms with Gasteiger partial charge in [-0.25, -0.2) is 12.7 Å². The third-order valence-corrected chi connectivity index (χ3v) is 6.02. The third-order valence-electron chi connectivity index (χ3n) is 4.21. The number of amides is 1. The van der Waals surface area contributed by atoms with Gasteiger partial charge in [-0.2, -0.15) is 5.26 Å². The Balaban J connectivity index is 2.92. The van der Waals surface area contributed by atoms with E-state index in [0.717, 1.165) is 9.87 Å². The van der Waals surface area contributed by atoms with Crippen molar-refractivity contribution in [2.24, 2.45) is 5.92 Å². The summed E-state index contributed by atoms with van der Waals surface area (Å²) in [7, 11) is -0.624. The molecule has 0 aliphatic heterocycles. The second-order valence-electron chi connectivity index (χ2n) is 6.63. The number of nitrogens with one attached hydrogen (secondary N) is 2. The molecule has 1 rings (SSSR count). The molecule has 0 heterocycles. The number of anilines is 1. The predicted molar refractivity (Wildman–Crippen MR) is 97.5 cm³/mol. The first kappa shape index (κ1) is 20.9. The molecule has 0 saturated carbocycles. The molecule has 1 unspecified atom stereocenters. The number of carbonyl (C=O) groups is 1. The van der Waals surface area contributed by atoms with Crippen LogP contribution in [-0.2, 0) is 14.8 Å². The zero-order valence-corrected chi connectivity index (χ0v) is 16.4. The molecule has 0 spiro atoms. The Bertz CT molecular complexity index is 782. The van der Waals surface area contributed by atoms with Gasteiger partial charge in [0.05, 0.1) is 17.5 Å². The summed E-state index contributed by atoms with van der Waals surface area (Å²) in [5.41, 5.74) is 0.419. The van der Waals surface area contributed by atoms with Crippen LogP contribution in [0.25, 0.3) is 0 Å². The van der Waals surface area contributed by atoms with Gasteiger partial charge in [0.1, 0.15) is 5.54 Å². The molecular weight excluding hydrogens is 340 g/mol. The van der Waals surface area contributed by atoms with Crippen molar-refractivity contribution >= 4 is 21.6 Å². The van der Waals surface area contributed by atoms with Crippen LogP contribution in [0.1, 0.15) is 26.3 Å². The maximum atomic E-state index is 12.2. The number of hydrogen-bond acceptors (Lipinski definition) is 5. The van der Waals surface area contributed by atoms with Gasteiger partial charge in [-0.15, -0.1) is 0 Å². The first-order valence-electron chi connectivity index (χ1n) is 7.93. The predicted octanol–water partition coefficient (Wildman–Crippen LogP) is 1.71. The number of hydrogen-bond donors (Lipinski definition) is 2. The zero-order valence-electron chi connectivity index (χ0n) is 15.5. The van der Waals surface area contributed by atoms with E-state index in [1.54, 1.807) is 13.0 Å². The minimum Gasteiger partial charge on any atom is -0.376 e. The number of aryl methyl sites for hydroxylation is 1. The van der Waals surface area contributed by atoms with Gasteiger partial charge in [0, 0.05) is 19.8 Å². The summed E-state index contributed by atoms with van der Waals surface area (Å²) in [5.74, 6) is -0.380. The highest BCUT2D eigenvalue weighted by atomic mass is 32.2. The molecule has 0 aliphatic rings. The van der Waals surface area contributed by atoms with Crippen molar-refractivity contribution in [3.63, 3.8) is 0 Å². The topological polar surface area (TPSA) is 102 Å². The molecule has 0 radical (unpaired) electrons. The molecule has 25 heavy (non-hydrogen) atoms. The minimum atomic E-state index is -3.55. The van der Waals surface area contributed by atoms with Crippen LogP contribution in [0, 0.1) is 24.2 Å². The van der Waals surface area contributed by atoms with E-state index in [2.05, 4.69) is 16.7 Å². The molecule has 7 nitrogen and oxygen atoms in total. The van der Waals surface area contributed by atoms with Crippen molar-refractivity contribution < 1.29 is 13.2 Å². The smallest absolute Gasteiger partial charge is 0.242 e. The van der Waals surface area contributed by atoms with Crippen molar-refractivity contribution in [2.75, 3.05) is 26.0 Å². The summed E-state index contributed by atoms with van der Waals surface area (Å²) in [6, 6.07) is 6.83. The van der Waals surface area contributed by atoms with Crippen LogP contribution < -0.4 is 10.6 Å². The van der Waals surface area contributed by atoms with Crippen molar-refractivity contribution in [1.29, 1.82) is 5.26 Å². The largest absolute Gasteiger partial charge is 0.376 e. The van der Waals surface area contributed by atoms with Crippen LogP contribution in [-0.4, -0.2) is 44.8 Å². The number of benzene rings is 1. The summed E-state index contributed by atoms with van der Waals surface area (Å²) in [6.45, 7) is 7.15. The van der Waals surface area contributed by atoms with Crippen LogP contribution in [0.2, 0.25) is 0 Å². The van der Waals surface area contributed by atoms with Gasteiger partial charge < -0.3 is 10.6 Å². The molecule has 0 aliphatic carbocycles. The van der Waals surface area contributed by atoms with Crippen molar-refractivity contribution in [3.8, 4) is 6.07 Å².